The molecule has 340 valence electrons. The molecule has 2 aliphatic rings. The van der Waals surface area contributed by atoms with Crippen molar-refractivity contribution in [2.75, 3.05) is 69.5 Å². The number of nitrogens with two attached hydrogens (primary N) is 1. The number of hydrogen-bond donors (Lipinski definition) is 7. The summed E-state index contributed by atoms with van der Waals surface area (Å²) < 4.78 is 10.8. The molecule has 1 aliphatic carbocycles. The average Bonchev–Trinajstić information content (AvgIpc) is 3.21. The number of hydrogen-bond acceptors (Lipinski definition) is 15. The molecule has 2 aromatic rings. The van der Waals surface area contributed by atoms with Crippen molar-refractivity contribution < 1.29 is 23.9 Å². The average molecular weight is 851 g/mol. The van der Waals surface area contributed by atoms with Crippen molar-refractivity contribution in [3.05, 3.63) is 24.3 Å². The smallest absolute Gasteiger partial charge is 0.408 e. The topological polar surface area (TPSA) is 222 Å². The number of carbonyl (C=O) groups is 3. The molecule has 1 aromatic carbocycles. The summed E-state index contributed by atoms with van der Waals surface area (Å²) in [6.45, 7) is 17.4. The van der Waals surface area contributed by atoms with E-state index in [9.17, 15) is 14.4 Å². The van der Waals surface area contributed by atoms with E-state index in [1.165, 1.54) is 32.1 Å². The number of piperidine rings is 1. The predicted octanol–water partition coefficient (Wildman–Crippen LogP) is 4.73. The first-order valence-electron chi connectivity index (χ1n) is 22.4. The maximum atomic E-state index is 12.8. The van der Waals surface area contributed by atoms with Crippen LogP contribution in [0.4, 0.5) is 16.6 Å². The Morgan fingerprint density at radius 3 is 2.34 bits per heavy atom. The molecule has 17 nitrogen and oxygen atoms in total. The molecule has 0 bridgehead atoms. The lowest BCUT2D eigenvalue weighted by molar-refractivity contribution is -0.157. The highest BCUT2D eigenvalue weighted by Gasteiger charge is 2.29. The molecule has 1 aromatic heterocycles. The zero-order chi connectivity index (χ0) is 44.1. The van der Waals surface area contributed by atoms with Crippen molar-refractivity contribution in [2.24, 2.45) is 15.9 Å². The molecule has 61 heavy (non-hydrogen) atoms. The number of amides is 2. The standard InChI is InChI=1S/C44H74N12O5/c1-43(2,3)60-40(58)37(53-42(59)61-44(4,5)6)18-19-38(57)49-26-29-56-27-20-33(21-28-56)51-39-35-16-10-11-17-36(35)52-41(54-39)50-31-34(55-45)30-47-24-12-22-46-23-13-25-48-32-14-8-7-9-15-32/h10-11,16-17,30,32-33,37,46,48H,7-9,12-15,18-29,31,45H2,1-6H3,(H,49,57)(H,53,59)(H2,50,51,52,54)/t37-/m0/s1. The fourth-order valence-electron chi connectivity index (χ4n) is 7.26. The number of fused-ring (bicyclic) bond motifs is 1. The number of likely N-dealkylation sites (tertiary alicyclic amines) is 1. The molecule has 2 fully saturated rings. The third-order valence-electron chi connectivity index (χ3n) is 10.4. The van der Waals surface area contributed by atoms with Gasteiger partial charge in [-0.2, -0.15) is 10.1 Å². The summed E-state index contributed by atoms with van der Waals surface area (Å²) >= 11 is 0. The number of aliphatic imine (C=N–C) groups is 1. The second kappa shape index (κ2) is 25.4. The fourth-order valence-corrected chi connectivity index (χ4v) is 7.26. The van der Waals surface area contributed by atoms with Gasteiger partial charge >= 0.3 is 12.1 Å². The van der Waals surface area contributed by atoms with Crippen LogP contribution < -0.4 is 37.7 Å². The summed E-state index contributed by atoms with van der Waals surface area (Å²) in [6, 6.07) is 7.84. The molecule has 1 saturated carbocycles. The van der Waals surface area contributed by atoms with Gasteiger partial charge in [-0.3, -0.25) is 9.79 Å². The lowest BCUT2D eigenvalue weighted by Crippen LogP contribution is -2.46. The Morgan fingerprint density at radius 2 is 1.62 bits per heavy atom. The number of rotatable bonds is 23. The highest BCUT2D eigenvalue weighted by atomic mass is 16.6. The van der Waals surface area contributed by atoms with Crippen LogP contribution in [0, 0.1) is 0 Å². The van der Waals surface area contributed by atoms with Gasteiger partial charge in [-0.1, -0.05) is 31.4 Å². The third kappa shape index (κ3) is 19.8. The van der Waals surface area contributed by atoms with Gasteiger partial charge in [-0.05, 0) is 118 Å². The maximum absolute atomic E-state index is 12.8. The van der Waals surface area contributed by atoms with Crippen molar-refractivity contribution >= 4 is 52.6 Å². The molecule has 0 radical (unpaired) electrons. The van der Waals surface area contributed by atoms with Gasteiger partial charge in [0.1, 0.15) is 23.1 Å². The van der Waals surface area contributed by atoms with E-state index in [1.54, 1.807) is 47.8 Å². The van der Waals surface area contributed by atoms with Crippen molar-refractivity contribution in [1.82, 2.24) is 36.1 Å². The normalized spacial score (nSPS) is 16.7. The number of hydrazone groups is 1. The van der Waals surface area contributed by atoms with Crippen molar-refractivity contribution in [3.8, 4) is 0 Å². The molecule has 0 spiro atoms. The predicted molar refractivity (Wildman–Crippen MR) is 244 cm³/mol. The Hall–Kier alpha value is -4.61. The van der Waals surface area contributed by atoms with Gasteiger partial charge in [-0.25, -0.2) is 14.6 Å². The number of ether oxygens (including phenoxy) is 2. The Labute approximate surface area is 363 Å². The van der Waals surface area contributed by atoms with E-state index < -0.39 is 29.3 Å². The first kappa shape index (κ1) is 49.0. The Bertz CT molecular complexity index is 1710. The highest BCUT2D eigenvalue weighted by molar-refractivity contribution is 6.32. The molecule has 2 amide bonds. The van der Waals surface area contributed by atoms with E-state index in [-0.39, 0.29) is 24.8 Å². The zero-order valence-electron chi connectivity index (χ0n) is 37.6. The minimum atomic E-state index is -1.02. The van der Waals surface area contributed by atoms with E-state index in [2.05, 4.69) is 46.9 Å². The van der Waals surface area contributed by atoms with Gasteiger partial charge in [0.25, 0.3) is 0 Å². The Morgan fingerprint density at radius 1 is 0.902 bits per heavy atom. The van der Waals surface area contributed by atoms with E-state index in [0.717, 1.165) is 75.1 Å². The minimum absolute atomic E-state index is 0.0417. The number of carbonyl (C=O) groups excluding carboxylic acids is 3. The number of aromatic nitrogens is 2. The quantitative estimate of drug-likeness (QED) is 0.0265. The Balaban J connectivity index is 1.15. The highest BCUT2D eigenvalue weighted by Crippen LogP contribution is 2.25. The van der Waals surface area contributed by atoms with E-state index in [0.29, 0.717) is 43.9 Å². The minimum Gasteiger partial charge on any atom is -0.458 e. The number of para-hydroxylation sites is 1. The van der Waals surface area contributed by atoms with Gasteiger partial charge in [-0.15, -0.1) is 0 Å². The maximum Gasteiger partial charge on any atom is 0.408 e. The second-order valence-electron chi connectivity index (χ2n) is 18.0. The largest absolute Gasteiger partial charge is 0.458 e. The van der Waals surface area contributed by atoms with Crippen molar-refractivity contribution in [1.29, 1.82) is 0 Å². The van der Waals surface area contributed by atoms with Crippen LogP contribution in [0.15, 0.2) is 34.4 Å². The summed E-state index contributed by atoms with van der Waals surface area (Å²) in [5.74, 6) is 6.13. The van der Waals surface area contributed by atoms with E-state index in [4.69, 9.17) is 25.3 Å². The van der Waals surface area contributed by atoms with Crippen LogP contribution in [-0.4, -0.2) is 133 Å². The molecule has 0 unspecified atom stereocenters. The number of benzene rings is 1. The van der Waals surface area contributed by atoms with Gasteiger partial charge in [0.15, 0.2) is 0 Å². The van der Waals surface area contributed by atoms with Crippen LogP contribution in [0.1, 0.15) is 112 Å². The summed E-state index contributed by atoms with van der Waals surface area (Å²) in [7, 11) is 0. The van der Waals surface area contributed by atoms with Gasteiger partial charge < -0.3 is 52.1 Å². The van der Waals surface area contributed by atoms with Crippen LogP contribution in [0.25, 0.3) is 10.9 Å². The van der Waals surface area contributed by atoms with Crippen LogP contribution in [0.5, 0.6) is 0 Å². The number of nitrogens with zero attached hydrogens (tertiary/aromatic N) is 5. The molecule has 1 atom stereocenters. The SMILES string of the molecule is CC(C)(C)OC(=O)N[C@@H](CCC(=O)NCCN1CCC(Nc2nc(NCC(C=NCCCNCCCNC3CCCCC3)=NN)nc3ccccc23)CC1)C(=O)OC(C)(C)C. The van der Waals surface area contributed by atoms with Crippen LogP contribution in [0.3, 0.4) is 0 Å². The van der Waals surface area contributed by atoms with E-state index >= 15 is 0 Å². The summed E-state index contributed by atoms with van der Waals surface area (Å²) in [4.78, 5) is 54.5. The second-order valence-corrected chi connectivity index (χ2v) is 18.0. The first-order valence-corrected chi connectivity index (χ1v) is 22.4. The lowest BCUT2D eigenvalue weighted by atomic mass is 9.95. The van der Waals surface area contributed by atoms with Crippen molar-refractivity contribution in [3.63, 3.8) is 0 Å². The number of anilines is 2. The van der Waals surface area contributed by atoms with E-state index in [1.807, 2.05) is 24.3 Å². The summed E-state index contributed by atoms with van der Waals surface area (Å²) in [5, 5.41) is 24.6. The molecular formula is C44H74N12O5. The van der Waals surface area contributed by atoms with Crippen LogP contribution in [0.2, 0.25) is 0 Å². The Kier molecular flexibility index (Phi) is 20.4. The summed E-state index contributed by atoms with van der Waals surface area (Å²) in [6.07, 6.45) is 11.7. The fraction of sp³-hybridized carbons (Fsp3) is 0.705. The molecular weight excluding hydrogens is 777 g/mol. The lowest BCUT2D eigenvalue weighted by Gasteiger charge is -2.32. The number of nitrogens with one attached hydrogen (secondary N) is 6. The van der Waals surface area contributed by atoms with Gasteiger partial charge in [0, 0.05) is 62.8 Å². The monoisotopic (exact) mass is 851 g/mol. The van der Waals surface area contributed by atoms with Crippen LogP contribution >= 0.6 is 0 Å². The molecule has 2 heterocycles. The summed E-state index contributed by atoms with van der Waals surface area (Å²) in [5.41, 5.74) is -0.0499. The molecule has 4 rings (SSSR count). The van der Waals surface area contributed by atoms with Crippen LogP contribution in [-0.2, 0) is 19.1 Å². The molecule has 17 heteroatoms. The van der Waals surface area contributed by atoms with Gasteiger partial charge in [0.2, 0.25) is 11.9 Å². The van der Waals surface area contributed by atoms with Gasteiger partial charge in [0.05, 0.1) is 17.8 Å². The number of alkyl carbamates (subject to hydrolysis) is 1. The zero-order valence-corrected chi connectivity index (χ0v) is 37.6. The number of esters is 1. The third-order valence-corrected chi connectivity index (χ3v) is 10.4. The molecule has 1 aliphatic heterocycles. The van der Waals surface area contributed by atoms with Crippen molar-refractivity contribution in [2.45, 2.75) is 141 Å². The first-order chi connectivity index (χ1) is 29.2. The molecule has 8 N–H and O–H groups in total. The molecule has 1 saturated heterocycles.